The lowest BCUT2D eigenvalue weighted by Crippen LogP contribution is -2.24. The van der Waals surface area contributed by atoms with Gasteiger partial charge >= 0.3 is 0 Å². The van der Waals surface area contributed by atoms with Gasteiger partial charge in [0.15, 0.2) is 0 Å². The molecular formula is C12H19NO3. The summed E-state index contributed by atoms with van der Waals surface area (Å²) in [6.07, 6.45) is 1.41. The van der Waals surface area contributed by atoms with Gasteiger partial charge in [-0.2, -0.15) is 0 Å². The molecule has 1 heterocycles. The van der Waals surface area contributed by atoms with E-state index in [1.54, 1.807) is 18.5 Å². The van der Waals surface area contributed by atoms with Crippen LogP contribution in [0.25, 0.3) is 0 Å². The highest BCUT2D eigenvalue weighted by Crippen LogP contribution is 2.23. The molecule has 0 aliphatic carbocycles. The van der Waals surface area contributed by atoms with Crippen molar-refractivity contribution >= 4 is 0 Å². The topological polar surface area (TPSA) is 62.6 Å². The van der Waals surface area contributed by atoms with Gasteiger partial charge in [-0.05, 0) is 18.9 Å². The van der Waals surface area contributed by atoms with E-state index in [0.29, 0.717) is 17.9 Å². The fraction of sp³-hybridized carbons (Fsp3) is 0.583. The minimum Gasteiger partial charge on any atom is -0.492 e. The summed E-state index contributed by atoms with van der Waals surface area (Å²) in [6, 6.07) is 1.70. The Morgan fingerprint density at radius 3 is 2.56 bits per heavy atom. The molecule has 0 aliphatic rings. The van der Waals surface area contributed by atoms with Crippen molar-refractivity contribution in [3.63, 3.8) is 0 Å². The SMILES string of the molecule is CCOc1cncc(C(O)C(O)C(C)C)c1. The molecule has 4 heteroatoms. The van der Waals surface area contributed by atoms with Gasteiger partial charge in [-0.25, -0.2) is 0 Å². The third-order valence-electron chi connectivity index (χ3n) is 2.39. The maximum absolute atomic E-state index is 9.91. The van der Waals surface area contributed by atoms with E-state index >= 15 is 0 Å². The van der Waals surface area contributed by atoms with E-state index in [0.717, 1.165) is 0 Å². The van der Waals surface area contributed by atoms with Crippen LogP contribution >= 0.6 is 0 Å². The molecule has 1 aromatic rings. The first-order chi connectivity index (χ1) is 7.56. The number of hydrogen-bond acceptors (Lipinski definition) is 4. The van der Waals surface area contributed by atoms with Gasteiger partial charge in [0.1, 0.15) is 11.9 Å². The Morgan fingerprint density at radius 2 is 2.00 bits per heavy atom. The van der Waals surface area contributed by atoms with Crippen molar-refractivity contribution in [3.05, 3.63) is 24.0 Å². The smallest absolute Gasteiger partial charge is 0.137 e. The first-order valence-electron chi connectivity index (χ1n) is 5.50. The normalized spacial score (nSPS) is 14.9. The van der Waals surface area contributed by atoms with Crippen LogP contribution in [0.15, 0.2) is 18.5 Å². The van der Waals surface area contributed by atoms with Gasteiger partial charge in [0.05, 0.1) is 18.9 Å². The molecule has 2 atom stereocenters. The Hall–Kier alpha value is -1.13. The number of aliphatic hydroxyl groups is 2. The highest BCUT2D eigenvalue weighted by atomic mass is 16.5. The van der Waals surface area contributed by atoms with Crippen LogP contribution < -0.4 is 4.74 Å². The van der Waals surface area contributed by atoms with Crippen molar-refractivity contribution < 1.29 is 14.9 Å². The van der Waals surface area contributed by atoms with E-state index in [1.165, 1.54) is 0 Å². The molecule has 90 valence electrons. The molecule has 0 radical (unpaired) electrons. The van der Waals surface area contributed by atoms with Crippen LogP contribution in [0.1, 0.15) is 32.4 Å². The number of aliphatic hydroxyl groups excluding tert-OH is 2. The van der Waals surface area contributed by atoms with E-state index in [2.05, 4.69) is 4.98 Å². The summed E-state index contributed by atoms with van der Waals surface area (Å²) < 4.78 is 5.28. The zero-order valence-corrected chi connectivity index (χ0v) is 9.92. The van der Waals surface area contributed by atoms with Gasteiger partial charge in [0.25, 0.3) is 0 Å². The monoisotopic (exact) mass is 225 g/mol. The first kappa shape index (κ1) is 12.9. The fourth-order valence-electron chi connectivity index (χ4n) is 1.40. The molecule has 1 aromatic heterocycles. The third kappa shape index (κ3) is 3.18. The van der Waals surface area contributed by atoms with E-state index in [9.17, 15) is 10.2 Å². The average Bonchev–Trinajstić information content (AvgIpc) is 2.28. The molecule has 0 saturated heterocycles. The van der Waals surface area contributed by atoms with Crippen molar-refractivity contribution in [2.45, 2.75) is 33.0 Å². The maximum Gasteiger partial charge on any atom is 0.137 e. The standard InChI is InChI=1S/C12H19NO3/c1-4-16-10-5-9(6-13-7-10)12(15)11(14)8(2)3/h5-8,11-12,14-15H,4H2,1-3H3. The Kier molecular flexibility index (Phi) is 4.71. The van der Waals surface area contributed by atoms with E-state index < -0.39 is 12.2 Å². The molecule has 16 heavy (non-hydrogen) atoms. The molecule has 0 aromatic carbocycles. The zero-order chi connectivity index (χ0) is 12.1. The minimum absolute atomic E-state index is 0.00857. The molecule has 2 N–H and O–H groups in total. The van der Waals surface area contributed by atoms with Gasteiger partial charge in [-0.15, -0.1) is 0 Å². The van der Waals surface area contributed by atoms with Crippen molar-refractivity contribution in [2.75, 3.05) is 6.61 Å². The quantitative estimate of drug-likeness (QED) is 0.797. The summed E-state index contributed by atoms with van der Waals surface area (Å²) in [4.78, 5) is 3.97. The molecule has 0 fully saturated rings. The van der Waals surface area contributed by atoms with Crippen LogP contribution in [-0.4, -0.2) is 27.9 Å². The van der Waals surface area contributed by atoms with Gasteiger partial charge in [0, 0.05) is 11.8 Å². The Bertz CT molecular complexity index is 328. The minimum atomic E-state index is -0.923. The van der Waals surface area contributed by atoms with Crippen LogP contribution in [-0.2, 0) is 0 Å². The number of aromatic nitrogens is 1. The second-order valence-corrected chi connectivity index (χ2v) is 4.07. The lowest BCUT2D eigenvalue weighted by molar-refractivity contribution is -0.00967. The van der Waals surface area contributed by atoms with Crippen LogP contribution in [0.2, 0.25) is 0 Å². The number of hydrogen-bond donors (Lipinski definition) is 2. The lowest BCUT2D eigenvalue weighted by atomic mass is 9.97. The fourth-order valence-corrected chi connectivity index (χ4v) is 1.40. The van der Waals surface area contributed by atoms with E-state index in [4.69, 9.17) is 4.74 Å². The second kappa shape index (κ2) is 5.82. The van der Waals surface area contributed by atoms with E-state index in [1.807, 2.05) is 20.8 Å². The highest BCUT2D eigenvalue weighted by Gasteiger charge is 2.22. The predicted molar refractivity (Wildman–Crippen MR) is 61.2 cm³/mol. The zero-order valence-electron chi connectivity index (χ0n) is 9.92. The summed E-state index contributed by atoms with van der Waals surface area (Å²) in [5, 5.41) is 19.7. The molecule has 0 amide bonds. The summed E-state index contributed by atoms with van der Waals surface area (Å²) in [7, 11) is 0. The number of ether oxygens (including phenoxy) is 1. The molecule has 0 spiro atoms. The van der Waals surface area contributed by atoms with Gasteiger partial charge in [-0.3, -0.25) is 4.98 Å². The van der Waals surface area contributed by atoms with E-state index in [-0.39, 0.29) is 5.92 Å². The van der Waals surface area contributed by atoms with Gasteiger partial charge in [-0.1, -0.05) is 13.8 Å². The summed E-state index contributed by atoms with van der Waals surface area (Å²) in [5.74, 6) is 0.598. The Morgan fingerprint density at radius 1 is 1.31 bits per heavy atom. The summed E-state index contributed by atoms with van der Waals surface area (Å²) >= 11 is 0. The molecule has 2 unspecified atom stereocenters. The van der Waals surface area contributed by atoms with Crippen molar-refractivity contribution in [3.8, 4) is 5.75 Å². The number of nitrogens with zero attached hydrogens (tertiary/aromatic N) is 1. The van der Waals surface area contributed by atoms with Crippen LogP contribution in [0.5, 0.6) is 5.75 Å². The highest BCUT2D eigenvalue weighted by molar-refractivity contribution is 5.25. The third-order valence-corrected chi connectivity index (χ3v) is 2.39. The molecule has 0 aliphatic heterocycles. The average molecular weight is 225 g/mol. The van der Waals surface area contributed by atoms with Crippen LogP contribution in [0, 0.1) is 5.92 Å². The Balaban J connectivity index is 2.82. The summed E-state index contributed by atoms with van der Waals surface area (Å²) in [5.41, 5.74) is 0.576. The predicted octanol–water partition coefficient (Wildman–Crippen LogP) is 1.53. The molecule has 1 rings (SSSR count). The van der Waals surface area contributed by atoms with Crippen LogP contribution in [0.3, 0.4) is 0 Å². The molecule has 0 bridgehead atoms. The van der Waals surface area contributed by atoms with Crippen molar-refractivity contribution in [1.82, 2.24) is 4.98 Å². The second-order valence-electron chi connectivity index (χ2n) is 4.07. The number of pyridine rings is 1. The molecular weight excluding hydrogens is 206 g/mol. The Labute approximate surface area is 95.9 Å². The molecule has 0 saturated carbocycles. The lowest BCUT2D eigenvalue weighted by Gasteiger charge is -2.21. The number of rotatable bonds is 5. The largest absolute Gasteiger partial charge is 0.492 e. The molecule has 4 nitrogen and oxygen atoms in total. The van der Waals surface area contributed by atoms with Crippen molar-refractivity contribution in [1.29, 1.82) is 0 Å². The van der Waals surface area contributed by atoms with Crippen LogP contribution in [0.4, 0.5) is 0 Å². The first-order valence-corrected chi connectivity index (χ1v) is 5.50. The van der Waals surface area contributed by atoms with Crippen molar-refractivity contribution in [2.24, 2.45) is 5.92 Å². The van der Waals surface area contributed by atoms with Gasteiger partial charge < -0.3 is 14.9 Å². The maximum atomic E-state index is 9.91. The summed E-state index contributed by atoms with van der Waals surface area (Å²) in [6.45, 7) is 6.14. The van der Waals surface area contributed by atoms with Gasteiger partial charge in [0.2, 0.25) is 0 Å².